The van der Waals surface area contributed by atoms with Gasteiger partial charge in [-0.2, -0.15) is 0 Å². The van der Waals surface area contributed by atoms with E-state index in [-0.39, 0.29) is 31.1 Å². The van der Waals surface area contributed by atoms with Gasteiger partial charge in [0.25, 0.3) is 5.91 Å². The molecule has 4 nitrogen and oxygen atoms in total. The van der Waals surface area contributed by atoms with E-state index in [2.05, 4.69) is 21.2 Å². The van der Waals surface area contributed by atoms with Gasteiger partial charge >= 0.3 is 0 Å². The molecule has 0 unspecified atom stereocenters. The van der Waals surface area contributed by atoms with E-state index in [9.17, 15) is 4.79 Å². The summed E-state index contributed by atoms with van der Waals surface area (Å²) in [4.78, 5) is 11.7. The highest BCUT2D eigenvalue weighted by Gasteiger charge is 2.19. The SMILES string of the molecule is O=C(COc1ccc(Br)cc1)N[C@@H]1C=C[C@H](CO)C1. The lowest BCUT2D eigenvalue weighted by Crippen LogP contribution is -2.36. The minimum absolute atomic E-state index is 0.00170. The van der Waals surface area contributed by atoms with Gasteiger partial charge in [-0.3, -0.25) is 4.79 Å². The van der Waals surface area contributed by atoms with Crippen LogP contribution in [-0.4, -0.2) is 30.3 Å². The molecule has 2 atom stereocenters. The van der Waals surface area contributed by atoms with E-state index in [4.69, 9.17) is 9.84 Å². The fourth-order valence-corrected chi connectivity index (χ4v) is 2.21. The number of rotatable bonds is 5. The number of carbonyl (C=O) groups excluding carboxylic acids is 1. The average molecular weight is 326 g/mol. The second kappa shape index (κ2) is 6.73. The predicted octanol–water partition coefficient (Wildman–Crippen LogP) is 1.88. The quantitative estimate of drug-likeness (QED) is 0.813. The van der Waals surface area contributed by atoms with Crippen molar-refractivity contribution >= 4 is 21.8 Å². The summed E-state index contributed by atoms with van der Waals surface area (Å²) < 4.78 is 6.35. The van der Waals surface area contributed by atoms with Crippen LogP contribution in [0.25, 0.3) is 0 Å². The summed E-state index contributed by atoms with van der Waals surface area (Å²) in [6.07, 6.45) is 4.60. The molecule has 0 radical (unpaired) electrons. The van der Waals surface area contributed by atoms with Crippen molar-refractivity contribution in [2.45, 2.75) is 12.5 Å². The number of carbonyl (C=O) groups is 1. The summed E-state index contributed by atoms with van der Waals surface area (Å²) in [5.41, 5.74) is 0. The molecule has 0 heterocycles. The molecule has 0 saturated carbocycles. The molecule has 2 rings (SSSR count). The van der Waals surface area contributed by atoms with Crippen molar-refractivity contribution < 1.29 is 14.6 Å². The van der Waals surface area contributed by atoms with E-state index in [0.717, 1.165) is 10.9 Å². The van der Waals surface area contributed by atoms with E-state index in [1.807, 2.05) is 24.3 Å². The molecule has 2 N–H and O–H groups in total. The van der Waals surface area contributed by atoms with Crippen molar-refractivity contribution in [3.63, 3.8) is 0 Å². The molecule has 0 bridgehead atoms. The number of nitrogens with one attached hydrogen (secondary N) is 1. The Morgan fingerprint density at radius 3 is 2.74 bits per heavy atom. The summed E-state index contributed by atoms with van der Waals surface area (Å²) >= 11 is 3.33. The highest BCUT2D eigenvalue weighted by atomic mass is 79.9. The molecule has 1 amide bonds. The predicted molar refractivity (Wildman–Crippen MR) is 75.9 cm³/mol. The lowest BCUT2D eigenvalue weighted by atomic mass is 10.1. The number of hydrogen-bond donors (Lipinski definition) is 2. The summed E-state index contributed by atoms with van der Waals surface area (Å²) in [5.74, 6) is 0.655. The van der Waals surface area contributed by atoms with Gasteiger partial charge in [-0.05, 0) is 30.7 Å². The van der Waals surface area contributed by atoms with Crippen LogP contribution >= 0.6 is 15.9 Å². The minimum Gasteiger partial charge on any atom is -0.484 e. The standard InChI is InChI=1S/C14H16BrNO3/c15-11-2-5-13(6-3-11)19-9-14(18)16-12-4-1-10(7-12)8-17/h1-6,10,12,17H,7-9H2,(H,16,18)/t10-,12+/m0/s1. The molecule has 1 aromatic rings. The highest BCUT2D eigenvalue weighted by molar-refractivity contribution is 9.10. The van der Waals surface area contributed by atoms with Gasteiger partial charge in [-0.15, -0.1) is 0 Å². The lowest BCUT2D eigenvalue weighted by molar-refractivity contribution is -0.123. The molecule has 0 aliphatic heterocycles. The van der Waals surface area contributed by atoms with Gasteiger partial charge in [-0.25, -0.2) is 0 Å². The third kappa shape index (κ3) is 4.36. The summed E-state index contributed by atoms with van der Waals surface area (Å²) in [6, 6.07) is 7.32. The minimum atomic E-state index is -0.156. The van der Waals surface area contributed by atoms with E-state index in [1.165, 1.54) is 0 Å². The van der Waals surface area contributed by atoms with E-state index in [1.54, 1.807) is 12.1 Å². The molecular weight excluding hydrogens is 310 g/mol. The van der Waals surface area contributed by atoms with Crippen LogP contribution in [-0.2, 0) is 4.79 Å². The fourth-order valence-electron chi connectivity index (χ4n) is 1.95. The summed E-state index contributed by atoms with van der Waals surface area (Å²) in [5, 5.41) is 11.9. The highest BCUT2D eigenvalue weighted by Crippen LogP contribution is 2.17. The van der Waals surface area contributed by atoms with Crippen molar-refractivity contribution in [3.05, 3.63) is 40.9 Å². The van der Waals surface area contributed by atoms with Crippen LogP contribution in [0, 0.1) is 5.92 Å². The number of ether oxygens (including phenoxy) is 1. The van der Waals surface area contributed by atoms with Gasteiger partial charge in [0.2, 0.25) is 0 Å². The van der Waals surface area contributed by atoms with Crippen LogP contribution in [0.2, 0.25) is 0 Å². The first-order chi connectivity index (χ1) is 9.17. The van der Waals surface area contributed by atoms with Gasteiger partial charge in [0.05, 0.1) is 0 Å². The van der Waals surface area contributed by atoms with Crippen LogP contribution in [0.5, 0.6) is 5.75 Å². The van der Waals surface area contributed by atoms with Gasteiger partial charge in [0.15, 0.2) is 6.61 Å². The van der Waals surface area contributed by atoms with Gasteiger partial charge in [-0.1, -0.05) is 28.1 Å². The summed E-state index contributed by atoms with van der Waals surface area (Å²) in [7, 11) is 0. The molecule has 1 aromatic carbocycles. The van der Waals surface area contributed by atoms with Crippen LogP contribution in [0.3, 0.4) is 0 Å². The first-order valence-electron chi connectivity index (χ1n) is 6.14. The molecule has 102 valence electrons. The number of amides is 1. The number of hydrogen-bond acceptors (Lipinski definition) is 3. The normalized spacial score (nSPS) is 21.4. The second-order valence-corrected chi connectivity index (χ2v) is 5.40. The first kappa shape index (κ1) is 14.1. The third-order valence-electron chi connectivity index (χ3n) is 2.94. The Bertz CT molecular complexity index is 458. The molecule has 1 aliphatic carbocycles. The van der Waals surface area contributed by atoms with Crippen LogP contribution in [0.15, 0.2) is 40.9 Å². The molecule has 0 saturated heterocycles. The van der Waals surface area contributed by atoms with Crippen molar-refractivity contribution in [2.75, 3.05) is 13.2 Å². The Morgan fingerprint density at radius 2 is 2.11 bits per heavy atom. The zero-order valence-electron chi connectivity index (χ0n) is 10.4. The fraction of sp³-hybridized carbons (Fsp3) is 0.357. The number of aliphatic hydroxyl groups excluding tert-OH is 1. The molecule has 1 aliphatic rings. The maximum absolute atomic E-state index is 11.7. The zero-order valence-corrected chi connectivity index (χ0v) is 12.0. The Hall–Kier alpha value is -1.33. The smallest absolute Gasteiger partial charge is 0.258 e. The van der Waals surface area contributed by atoms with Crippen molar-refractivity contribution in [1.82, 2.24) is 5.32 Å². The molecule has 0 fully saturated rings. The van der Waals surface area contributed by atoms with Crippen molar-refractivity contribution in [2.24, 2.45) is 5.92 Å². The van der Waals surface area contributed by atoms with Crippen LogP contribution in [0.4, 0.5) is 0 Å². The van der Waals surface area contributed by atoms with Gasteiger partial charge < -0.3 is 15.2 Å². The van der Waals surface area contributed by atoms with E-state index >= 15 is 0 Å². The Labute approximate surface area is 120 Å². The molecule has 19 heavy (non-hydrogen) atoms. The molecular formula is C14H16BrNO3. The Balaban J connectivity index is 1.73. The van der Waals surface area contributed by atoms with Gasteiger partial charge in [0.1, 0.15) is 5.75 Å². The van der Waals surface area contributed by atoms with E-state index < -0.39 is 0 Å². The zero-order chi connectivity index (χ0) is 13.7. The van der Waals surface area contributed by atoms with Crippen molar-refractivity contribution in [3.8, 4) is 5.75 Å². The van der Waals surface area contributed by atoms with Crippen LogP contribution < -0.4 is 10.1 Å². The largest absolute Gasteiger partial charge is 0.484 e. The number of aliphatic hydroxyl groups is 1. The number of halogens is 1. The average Bonchev–Trinajstić information content (AvgIpc) is 2.86. The second-order valence-electron chi connectivity index (χ2n) is 4.48. The first-order valence-corrected chi connectivity index (χ1v) is 6.93. The summed E-state index contributed by atoms with van der Waals surface area (Å²) in [6.45, 7) is 0.119. The maximum Gasteiger partial charge on any atom is 0.258 e. The topological polar surface area (TPSA) is 58.6 Å². The van der Waals surface area contributed by atoms with Crippen LogP contribution in [0.1, 0.15) is 6.42 Å². The lowest BCUT2D eigenvalue weighted by Gasteiger charge is -2.13. The number of benzene rings is 1. The molecule has 5 heteroatoms. The van der Waals surface area contributed by atoms with Gasteiger partial charge in [0, 0.05) is 23.0 Å². The molecule has 0 spiro atoms. The maximum atomic E-state index is 11.7. The third-order valence-corrected chi connectivity index (χ3v) is 3.47. The molecule has 0 aromatic heterocycles. The van der Waals surface area contributed by atoms with E-state index in [0.29, 0.717) is 5.75 Å². The Kier molecular flexibility index (Phi) is 4.99. The monoisotopic (exact) mass is 325 g/mol. The Morgan fingerprint density at radius 1 is 1.37 bits per heavy atom. The van der Waals surface area contributed by atoms with Crippen molar-refractivity contribution in [1.29, 1.82) is 0 Å².